The van der Waals surface area contributed by atoms with Gasteiger partial charge in [0, 0.05) is 0 Å². The standard InChI is InChI=1S/C26H23F3N4O4S/c1-3-36-20-9-8-17(13-21(20)37-4-2)14-31-23(34)22-19(10-11-38-22)33-24(31)30-32(25(33)35)15-16-6-5-7-18(12-16)26(27,28)29/h5-13H,3-4,14-15H2,1-2H3. The van der Waals surface area contributed by atoms with E-state index in [1.165, 1.54) is 32.4 Å². The number of fused-ring (bicyclic) bond motifs is 3. The minimum absolute atomic E-state index is 0.0860. The Morgan fingerprint density at radius 3 is 2.39 bits per heavy atom. The smallest absolute Gasteiger partial charge is 0.416 e. The van der Waals surface area contributed by atoms with Crippen LogP contribution in [0.4, 0.5) is 13.2 Å². The molecular weight excluding hydrogens is 521 g/mol. The topological polar surface area (TPSA) is 79.8 Å². The predicted octanol–water partition coefficient (Wildman–Crippen LogP) is 4.79. The van der Waals surface area contributed by atoms with Gasteiger partial charge in [-0.2, -0.15) is 13.2 Å². The van der Waals surface area contributed by atoms with Gasteiger partial charge >= 0.3 is 11.9 Å². The lowest BCUT2D eigenvalue weighted by atomic mass is 10.1. The summed E-state index contributed by atoms with van der Waals surface area (Å²) >= 11 is 1.20. The Bertz CT molecular complexity index is 1750. The van der Waals surface area contributed by atoms with Crippen LogP contribution in [0, 0.1) is 0 Å². The van der Waals surface area contributed by atoms with Crippen LogP contribution in [0.3, 0.4) is 0 Å². The highest BCUT2D eigenvalue weighted by molar-refractivity contribution is 7.17. The Labute approximate surface area is 218 Å². The van der Waals surface area contributed by atoms with E-state index >= 15 is 0 Å². The summed E-state index contributed by atoms with van der Waals surface area (Å²) in [6.45, 7) is 4.49. The maximum absolute atomic E-state index is 13.4. The Hall–Kier alpha value is -4.06. The maximum Gasteiger partial charge on any atom is 0.416 e. The van der Waals surface area contributed by atoms with Crippen LogP contribution >= 0.6 is 11.3 Å². The molecule has 5 rings (SSSR count). The van der Waals surface area contributed by atoms with Crippen molar-refractivity contribution < 1.29 is 22.6 Å². The van der Waals surface area contributed by atoms with Gasteiger partial charge in [0.05, 0.1) is 37.4 Å². The lowest BCUT2D eigenvalue weighted by Gasteiger charge is -2.13. The van der Waals surface area contributed by atoms with Gasteiger partial charge in [-0.15, -0.1) is 16.4 Å². The van der Waals surface area contributed by atoms with Crippen LogP contribution in [0.15, 0.2) is 63.5 Å². The van der Waals surface area contributed by atoms with E-state index < -0.39 is 17.4 Å². The van der Waals surface area contributed by atoms with E-state index in [1.54, 1.807) is 29.6 Å². The first kappa shape index (κ1) is 25.6. The molecule has 0 aliphatic carbocycles. The van der Waals surface area contributed by atoms with Gasteiger partial charge < -0.3 is 9.47 Å². The number of aromatic nitrogens is 4. The number of ether oxygens (including phenoxy) is 2. The Kier molecular flexibility index (Phi) is 6.74. The summed E-state index contributed by atoms with van der Waals surface area (Å²) in [4.78, 5) is 26.8. The Morgan fingerprint density at radius 2 is 1.66 bits per heavy atom. The number of hydrogen-bond acceptors (Lipinski definition) is 6. The molecule has 0 bridgehead atoms. The van der Waals surface area contributed by atoms with Crippen molar-refractivity contribution in [1.82, 2.24) is 18.7 Å². The molecule has 0 saturated heterocycles. The summed E-state index contributed by atoms with van der Waals surface area (Å²) in [5.74, 6) is 1.19. The zero-order valence-corrected chi connectivity index (χ0v) is 21.3. The lowest BCUT2D eigenvalue weighted by molar-refractivity contribution is -0.137. The van der Waals surface area contributed by atoms with Crippen LogP contribution in [-0.4, -0.2) is 32.0 Å². The summed E-state index contributed by atoms with van der Waals surface area (Å²) in [5.41, 5.74) is -0.329. The summed E-state index contributed by atoms with van der Waals surface area (Å²) in [7, 11) is 0. The largest absolute Gasteiger partial charge is 0.490 e. The van der Waals surface area contributed by atoms with E-state index in [1.807, 2.05) is 13.8 Å². The van der Waals surface area contributed by atoms with Gasteiger partial charge in [-0.1, -0.05) is 18.2 Å². The molecule has 0 spiro atoms. The highest BCUT2D eigenvalue weighted by atomic mass is 32.1. The minimum atomic E-state index is -4.51. The zero-order chi connectivity index (χ0) is 27.0. The number of nitrogens with zero attached hydrogens (tertiary/aromatic N) is 4. The molecule has 0 unspecified atom stereocenters. The first-order chi connectivity index (χ1) is 18.2. The van der Waals surface area contributed by atoms with E-state index in [4.69, 9.17) is 9.47 Å². The van der Waals surface area contributed by atoms with E-state index in [9.17, 15) is 22.8 Å². The molecule has 2 aromatic carbocycles. The number of alkyl halides is 3. The first-order valence-electron chi connectivity index (χ1n) is 11.9. The third-order valence-electron chi connectivity index (χ3n) is 5.92. The summed E-state index contributed by atoms with van der Waals surface area (Å²) in [6, 6.07) is 11.7. The normalized spacial score (nSPS) is 11.9. The number of hydrogen-bond donors (Lipinski definition) is 0. The van der Waals surface area contributed by atoms with Gasteiger partial charge in [0.15, 0.2) is 11.5 Å². The highest BCUT2D eigenvalue weighted by Gasteiger charge is 2.30. The molecule has 3 heterocycles. The molecule has 3 aromatic heterocycles. The predicted molar refractivity (Wildman–Crippen MR) is 138 cm³/mol. The molecule has 0 amide bonds. The SMILES string of the molecule is CCOc1ccc(Cn2c(=O)c3sccc3n3c(=O)n(Cc4cccc(C(F)(F)F)c4)nc23)cc1OCC. The summed E-state index contributed by atoms with van der Waals surface area (Å²) in [6.07, 6.45) is -4.51. The van der Waals surface area contributed by atoms with E-state index in [-0.39, 0.29) is 30.0 Å². The number of benzene rings is 2. The van der Waals surface area contributed by atoms with Gasteiger partial charge in [-0.25, -0.2) is 13.9 Å². The molecule has 0 saturated carbocycles. The van der Waals surface area contributed by atoms with Crippen molar-refractivity contribution in [3.63, 3.8) is 0 Å². The van der Waals surface area contributed by atoms with Crippen LogP contribution in [0.5, 0.6) is 11.5 Å². The Balaban J connectivity index is 1.62. The Morgan fingerprint density at radius 1 is 0.921 bits per heavy atom. The molecule has 8 nitrogen and oxygen atoms in total. The van der Waals surface area contributed by atoms with Gasteiger partial charge in [0.25, 0.3) is 5.56 Å². The fourth-order valence-corrected chi connectivity index (χ4v) is 5.10. The number of thiophene rings is 1. The van der Waals surface area contributed by atoms with Gasteiger partial charge in [-0.05, 0) is 60.7 Å². The lowest BCUT2D eigenvalue weighted by Crippen LogP contribution is -2.26. The molecule has 0 atom stereocenters. The molecule has 0 fully saturated rings. The summed E-state index contributed by atoms with van der Waals surface area (Å²) in [5, 5.41) is 6.09. The average Bonchev–Trinajstić information content (AvgIpc) is 3.48. The number of rotatable bonds is 8. The molecule has 12 heteroatoms. The molecular formula is C26H23F3N4O4S. The second-order valence-corrected chi connectivity index (χ2v) is 9.36. The fourth-order valence-electron chi connectivity index (χ4n) is 4.27. The van der Waals surface area contributed by atoms with Crippen LogP contribution < -0.4 is 20.7 Å². The second-order valence-electron chi connectivity index (χ2n) is 8.45. The van der Waals surface area contributed by atoms with E-state index in [2.05, 4.69) is 5.10 Å². The van der Waals surface area contributed by atoms with Crippen LogP contribution in [0.25, 0.3) is 16.0 Å². The average molecular weight is 545 g/mol. The summed E-state index contributed by atoms with van der Waals surface area (Å²) < 4.78 is 55.1. The molecule has 0 aliphatic heterocycles. The van der Waals surface area contributed by atoms with Gasteiger partial charge in [0.1, 0.15) is 4.70 Å². The minimum Gasteiger partial charge on any atom is -0.490 e. The zero-order valence-electron chi connectivity index (χ0n) is 20.5. The fraction of sp³-hybridized carbons (Fsp3) is 0.269. The van der Waals surface area contributed by atoms with Crippen LogP contribution in [0.2, 0.25) is 0 Å². The van der Waals surface area contributed by atoms with Crippen molar-refractivity contribution in [2.24, 2.45) is 0 Å². The molecule has 0 aliphatic rings. The van der Waals surface area contributed by atoms with Crippen molar-refractivity contribution in [1.29, 1.82) is 0 Å². The first-order valence-corrected chi connectivity index (χ1v) is 12.7. The third kappa shape index (κ3) is 4.67. The molecule has 0 N–H and O–H groups in total. The van der Waals surface area contributed by atoms with Gasteiger partial charge in [0.2, 0.25) is 5.78 Å². The van der Waals surface area contributed by atoms with E-state index in [0.717, 1.165) is 22.4 Å². The van der Waals surface area contributed by atoms with Crippen LogP contribution in [-0.2, 0) is 19.3 Å². The number of halogens is 3. The van der Waals surface area contributed by atoms with E-state index in [0.29, 0.717) is 34.9 Å². The molecule has 198 valence electrons. The highest BCUT2D eigenvalue weighted by Crippen LogP contribution is 2.30. The quantitative estimate of drug-likeness (QED) is 0.281. The third-order valence-corrected chi connectivity index (χ3v) is 6.82. The van der Waals surface area contributed by atoms with Crippen LogP contribution in [0.1, 0.15) is 30.5 Å². The van der Waals surface area contributed by atoms with Gasteiger partial charge in [-0.3, -0.25) is 9.36 Å². The van der Waals surface area contributed by atoms with Crippen molar-refractivity contribution in [3.8, 4) is 11.5 Å². The van der Waals surface area contributed by atoms with Crippen molar-refractivity contribution in [2.45, 2.75) is 33.1 Å². The van der Waals surface area contributed by atoms with Crippen molar-refractivity contribution in [2.75, 3.05) is 13.2 Å². The van der Waals surface area contributed by atoms with Crippen molar-refractivity contribution >= 4 is 27.3 Å². The molecule has 0 radical (unpaired) electrons. The second kappa shape index (κ2) is 10.0. The molecule has 38 heavy (non-hydrogen) atoms. The van der Waals surface area contributed by atoms with Crippen molar-refractivity contribution in [3.05, 3.63) is 91.4 Å². The maximum atomic E-state index is 13.4. The molecule has 5 aromatic rings. The monoisotopic (exact) mass is 544 g/mol.